The second kappa shape index (κ2) is 4.84. The van der Waals surface area contributed by atoms with Crippen molar-refractivity contribution in [2.24, 2.45) is 0 Å². The number of hydrogen-bond acceptors (Lipinski definition) is 3. The van der Waals surface area contributed by atoms with Gasteiger partial charge in [0.2, 0.25) is 5.91 Å². The van der Waals surface area contributed by atoms with Crippen LogP contribution in [-0.4, -0.2) is 30.7 Å². The molecule has 1 aromatic rings. The van der Waals surface area contributed by atoms with Gasteiger partial charge in [-0.05, 0) is 38.0 Å². The third-order valence-electron chi connectivity index (χ3n) is 3.09. The zero-order valence-corrected chi connectivity index (χ0v) is 11.2. The van der Waals surface area contributed by atoms with Crippen LogP contribution in [-0.2, 0) is 9.59 Å². The van der Waals surface area contributed by atoms with Crippen molar-refractivity contribution in [3.05, 3.63) is 28.8 Å². The highest BCUT2D eigenvalue weighted by molar-refractivity contribution is 6.53. The number of fused-ring (bicyclic) bond motifs is 1. The highest BCUT2D eigenvalue weighted by Crippen LogP contribution is 2.32. The number of nitrogens with zero attached hydrogens (tertiary/aromatic N) is 1. The van der Waals surface area contributed by atoms with Crippen molar-refractivity contribution in [3.63, 3.8) is 0 Å². The first-order valence-electron chi connectivity index (χ1n) is 6.19. The summed E-state index contributed by atoms with van der Waals surface area (Å²) in [6, 6.07) is 3.63. The molecule has 1 aliphatic rings. The summed E-state index contributed by atoms with van der Waals surface area (Å²) >= 11 is 0. The van der Waals surface area contributed by atoms with E-state index in [1.54, 1.807) is 19.9 Å². The molecule has 2 rings (SSSR count). The molecule has 0 unspecified atom stereocenters. The van der Waals surface area contributed by atoms with E-state index in [1.165, 1.54) is 4.90 Å². The highest BCUT2D eigenvalue weighted by atomic mass is 16.2. The summed E-state index contributed by atoms with van der Waals surface area (Å²) in [4.78, 5) is 36.8. The molecular weight excluding hydrogens is 244 g/mol. The van der Waals surface area contributed by atoms with Crippen LogP contribution in [0.2, 0.25) is 0 Å². The van der Waals surface area contributed by atoms with E-state index < -0.39 is 11.7 Å². The number of Topliss-reactive ketones (excluding diaryl/α,β-unsaturated/α-hetero) is 1. The van der Waals surface area contributed by atoms with Gasteiger partial charge in [0.25, 0.3) is 11.7 Å². The van der Waals surface area contributed by atoms with Crippen molar-refractivity contribution >= 4 is 23.3 Å². The molecule has 0 spiro atoms. The molecule has 5 nitrogen and oxygen atoms in total. The van der Waals surface area contributed by atoms with Crippen molar-refractivity contribution in [1.29, 1.82) is 0 Å². The fourth-order valence-corrected chi connectivity index (χ4v) is 2.35. The maximum Gasteiger partial charge on any atom is 0.299 e. The summed E-state index contributed by atoms with van der Waals surface area (Å²) in [6.07, 6.45) is 0. The number of ketones is 1. The molecule has 5 heteroatoms. The minimum absolute atomic E-state index is 0.117. The first kappa shape index (κ1) is 13.3. The summed E-state index contributed by atoms with van der Waals surface area (Å²) in [5.74, 6) is -1.43. The van der Waals surface area contributed by atoms with Crippen LogP contribution in [0.5, 0.6) is 0 Å². The fraction of sp³-hybridized carbons (Fsp3) is 0.357. The van der Waals surface area contributed by atoms with Gasteiger partial charge in [-0.15, -0.1) is 0 Å². The van der Waals surface area contributed by atoms with Gasteiger partial charge in [0.05, 0.1) is 11.3 Å². The summed E-state index contributed by atoms with van der Waals surface area (Å²) in [7, 11) is 0. The monoisotopic (exact) mass is 260 g/mol. The van der Waals surface area contributed by atoms with Crippen LogP contribution in [0.15, 0.2) is 12.1 Å². The minimum atomic E-state index is -0.630. The lowest BCUT2D eigenvalue weighted by molar-refractivity contribution is -0.122. The third kappa shape index (κ3) is 2.23. The average Bonchev–Trinajstić information content (AvgIpc) is 2.54. The molecule has 1 heterocycles. The Morgan fingerprint density at radius 1 is 1.26 bits per heavy atom. The van der Waals surface area contributed by atoms with Gasteiger partial charge in [0.1, 0.15) is 6.54 Å². The molecule has 0 radical (unpaired) electrons. The van der Waals surface area contributed by atoms with Gasteiger partial charge in [-0.1, -0.05) is 6.07 Å². The molecule has 1 aliphatic heterocycles. The van der Waals surface area contributed by atoms with Gasteiger partial charge in [0, 0.05) is 6.54 Å². The summed E-state index contributed by atoms with van der Waals surface area (Å²) in [5.41, 5.74) is 2.69. The fourth-order valence-electron chi connectivity index (χ4n) is 2.35. The van der Waals surface area contributed by atoms with Gasteiger partial charge in [-0.2, -0.15) is 0 Å². The number of rotatable bonds is 3. The number of likely N-dealkylation sites (N-methyl/N-ethyl adjacent to an activating group) is 1. The molecule has 1 N–H and O–H groups in total. The van der Waals surface area contributed by atoms with Gasteiger partial charge < -0.3 is 5.32 Å². The molecule has 0 bridgehead atoms. The van der Waals surface area contributed by atoms with Crippen LogP contribution in [0.3, 0.4) is 0 Å². The number of amides is 2. The van der Waals surface area contributed by atoms with E-state index in [-0.39, 0.29) is 12.5 Å². The molecule has 0 saturated carbocycles. The topological polar surface area (TPSA) is 66.5 Å². The molecule has 0 saturated heterocycles. The van der Waals surface area contributed by atoms with Crippen LogP contribution in [0.4, 0.5) is 5.69 Å². The van der Waals surface area contributed by atoms with E-state index >= 15 is 0 Å². The number of aryl methyl sites for hydroxylation is 2. The van der Waals surface area contributed by atoms with Crippen molar-refractivity contribution < 1.29 is 14.4 Å². The summed E-state index contributed by atoms with van der Waals surface area (Å²) < 4.78 is 0. The minimum Gasteiger partial charge on any atom is -0.355 e. The Morgan fingerprint density at radius 2 is 1.95 bits per heavy atom. The lowest BCUT2D eigenvalue weighted by Gasteiger charge is -2.16. The normalized spacial score (nSPS) is 13.7. The first-order chi connectivity index (χ1) is 8.95. The third-order valence-corrected chi connectivity index (χ3v) is 3.09. The number of anilines is 1. The second-order valence-corrected chi connectivity index (χ2v) is 4.65. The maximum absolute atomic E-state index is 12.0. The molecule has 0 aliphatic carbocycles. The molecule has 1 aromatic carbocycles. The molecule has 19 heavy (non-hydrogen) atoms. The first-order valence-corrected chi connectivity index (χ1v) is 6.19. The van der Waals surface area contributed by atoms with E-state index in [1.807, 2.05) is 13.0 Å². The Morgan fingerprint density at radius 3 is 2.58 bits per heavy atom. The zero-order chi connectivity index (χ0) is 14.2. The van der Waals surface area contributed by atoms with Gasteiger partial charge in [-0.25, -0.2) is 0 Å². The molecule has 2 amide bonds. The quantitative estimate of drug-likeness (QED) is 0.823. The Labute approximate surface area is 111 Å². The Kier molecular flexibility index (Phi) is 3.38. The van der Waals surface area contributed by atoms with Crippen molar-refractivity contribution in [1.82, 2.24) is 5.32 Å². The van der Waals surface area contributed by atoms with E-state index in [0.29, 0.717) is 17.8 Å². The van der Waals surface area contributed by atoms with Crippen LogP contribution < -0.4 is 10.2 Å². The molecule has 0 aromatic heterocycles. The number of nitrogens with one attached hydrogen (secondary N) is 1. The predicted molar refractivity (Wildman–Crippen MR) is 71.3 cm³/mol. The van der Waals surface area contributed by atoms with E-state index in [9.17, 15) is 14.4 Å². The SMILES string of the molecule is CCNC(=O)CN1C(=O)C(=O)c2c(C)cc(C)cc21. The lowest BCUT2D eigenvalue weighted by Crippen LogP contribution is -2.40. The summed E-state index contributed by atoms with van der Waals surface area (Å²) in [6.45, 7) is 5.87. The maximum atomic E-state index is 12.0. The molecule has 0 atom stereocenters. The Hall–Kier alpha value is -2.17. The number of benzene rings is 1. The van der Waals surface area contributed by atoms with Crippen LogP contribution in [0, 0.1) is 13.8 Å². The summed E-state index contributed by atoms with van der Waals surface area (Å²) in [5, 5.41) is 2.62. The Bertz CT molecular complexity index is 578. The van der Waals surface area contributed by atoms with E-state index in [4.69, 9.17) is 0 Å². The van der Waals surface area contributed by atoms with Gasteiger partial charge >= 0.3 is 0 Å². The number of carbonyl (C=O) groups excluding carboxylic acids is 3. The molecule has 100 valence electrons. The van der Waals surface area contributed by atoms with Crippen molar-refractivity contribution in [3.8, 4) is 0 Å². The van der Waals surface area contributed by atoms with Gasteiger partial charge in [-0.3, -0.25) is 19.3 Å². The average molecular weight is 260 g/mol. The van der Waals surface area contributed by atoms with Crippen LogP contribution in [0.25, 0.3) is 0 Å². The lowest BCUT2D eigenvalue weighted by atomic mass is 10.0. The smallest absolute Gasteiger partial charge is 0.299 e. The second-order valence-electron chi connectivity index (χ2n) is 4.65. The number of hydrogen-bond donors (Lipinski definition) is 1. The standard InChI is InChI=1S/C14H16N2O3/c1-4-15-11(17)7-16-10-6-8(2)5-9(3)12(10)13(18)14(16)19/h5-6H,4,7H2,1-3H3,(H,15,17). The van der Waals surface area contributed by atoms with E-state index in [0.717, 1.165) is 11.1 Å². The highest BCUT2D eigenvalue weighted by Gasteiger charge is 2.37. The molecule has 0 fully saturated rings. The largest absolute Gasteiger partial charge is 0.355 e. The van der Waals surface area contributed by atoms with Crippen LogP contribution >= 0.6 is 0 Å². The van der Waals surface area contributed by atoms with Gasteiger partial charge in [0.15, 0.2) is 0 Å². The zero-order valence-electron chi connectivity index (χ0n) is 11.2. The molecular formula is C14H16N2O3. The van der Waals surface area contributed by atoms with Crippen molar-refractivity contribution in [2.75, 3.05) is 18.0 Å². The predicted octanol–water partition coefficient (Wildman–Crippen LogP) is 0.969. The number of carbonyl (C=O) groups is 3. The van der Waals surface area contributed by atoms with E-state index in [2.05, 4.69) is 5.32 Å². The van der Waals surface area contributed by atoms with Crippen molar-refractivity contribution in [2.45, 2.75) is 20.8 Å². The van der Waals surface area contributed by atoms with Crippen LogP contribution in [0.1, 0.15) is 28.4 Å². The Balaban J connectivity index is 2.41.